The number of thiazole rings is 1. The molecule has 7 heteroatoms. The summed E-state index contributed by atoms with van der Waals surface area (Å²) < 4.78 is 10.9. The summed E-state index contributed by atoms with van der Waals surface area (Å²) in [6.45, 7) is 10.3. The van der Waals surface area contributed by atoms with E-state index in [2.05, 4.69) is 11.9 Å². The van der Waals surface area contributed by atoms with Crippen molar-refractivity contribution in [2.24, 2.45) is 0 Å². The predicted molar refractivity (Wildman–Crippen MR) is 92.5 cm³/mol. The van der Waals surface area contributed by atoms with Gasteiger partial charge in [0.2, 0.25) is 0 Å². The summed E-state index contributed by atoms with van der Waals surface area (Å²) in [6.07, 6.45) is 1.84. The van der Waals surface area contributed by atoms with Crippen LogP contribution in [0.4, 0.5) is 4.79 Å². The highest BCUT2D eigenvalue weighted by molar-refractivity contribution is 7.13. The number of carbonyl (C=O) groups excluding carboxylic acids is 2. The molecule has 6 nitrogen and oxygen atoms in total. The van der Waals surface area contributed by atoms with Gasteiger partial charge in [0.1, 0.15) is 16.6 Å². The van der Waals surface area contributed by atoms with Gasteiger partial charge in [-0.1, -0.05) is 6.92 Å². The molecule has 0 spiro atoms. The molecule has 0 aliphatic carbocycles. The second kappa shape index (κ2) is 7.51. The van der Waals surface area contributed by atoms with Crippen LogP contribution in [-0.2, 0) is 15.9 Å². The first-order chi connectivity index (χ1) is 11.2. The number of nitrogens with zero attached hydrogens (tertiary/aromatic N) is 2. The van der Waals surface area contributed by atoms with Gasteiger partial charge in [0, 0.05) is 13.0 Å². The van der Waals surface area contributed by atoms with Gasteiger partial charge >= 0.3 is 12.1 Å². The Hall–Kier alpha value is -1.63. The molecule has 2 rings (SSSR count). The third-order valence-electron chi connectivity index (χ3n) is 3.56. The van der Waals surface area contributed by atoms with E-state index in [0.717, 1.165) is 23.5 Å². The fraction of sp³-hybridized carbons (Fsp3) is 0.706. The van der Waals surface area contributed by atoms with Crippen LogP contribution >= 0.6 is 11.3 Å². The number of rotatable bonds is 4. The average Bonchev–Trinajstić information content (AvgIpc) is 3.04. The van der Waals surface area contributed by atoms with E-state index in [-0.39, 0.29) is 18.2 Å². The molecule has 0 radical (unpaired) electrons. The summed E-state index contributed by atoms with van der Waals surface area (Å²) in [4.78, 5) is 31.0. The third kappa shape index (κ3) is 4.93. The molecular weight excluding hydrogens is 328 g/mol. The molecule has 2 heterocycles. The van der Waals surface area contributed by atoms with E-state index < -0.39 is 5.60 Å². The van der Waals surface area contributed by atoms with E-state index in [4.69, 9.17) is 9.47 Å². The van der Waals surface area contributed by atoms with Crippen LogP contribution in [0.1, 0.15) is 60.9 Å². The lowest BCUT2D eigenvalue weighted by molar-refractivity contribution is 0.0193. The average molecular weight is 354 g/mol. The summed E-state index contributed by atoms with van der Waals surface area (Å²) >= 11 is 1.40. The van der Waals surface area contributed by atoms with Gasteiger partial charge in [-0.05, 0) is 40.5 Å². The Morgan fingerprint density at radius 3 is 2.71 bits per heavy atom. The Morgan fingerprint density at radius 2 is 2.08 bits per heavy atom. The maximum Gasteiger partial charge on any atom is 0.410 e. The first-order valence-electron chi connectivity index (χ1n) is 8.35. The molecule has 1 saturated heterocycles. The number of aryl methyl sites for hydroxylation is 2. The summed E-state index contributed by atoms with van der Waals surface area (Å²) in [5.41, 5.74) is 0.191. The van der Waals surface area contributed by atoms with E-state index in [1.54, 1.807) is 4.90 Å². The summed E-state index contributed by atoms with van der Waals surface area (Å²) in [5, 5.41) is 0.962. The fourth-order valence-electron chi connectivity index (χ4n) is 2.48. The first kappa shape index (κ1) is 18.7. The highest BCUT2D eigenvalue weighted by atomic mass is 32.1. The molecule has 0 saturated carbocycles. The third-order valence-corrected chi connectivity index (χ3v) is 4.76. The minimum absolute atomic E-state index is 0.291. The molecule has 0 N–H and O–H groups in total. The number of hydrogen-bond donors (Lipinski definition) is 0. The van der Waals surface area contributed by atoms with Crippen molar-refractivity contribution in [1.29, 1.82) is 0 Å². The SMILES string of the molecule is CCCc1nc(C)c(C(=O)O[C@H]2CCN(C(=O)OC(C)(C)C)C2)s1. The van der Waals surface area contributed by atoms with E-state index >= 15 is 0 Å². The van der Waals surface area contributed by atoms with Crippen molar-refractivity contribution >= 4 is 23.4 Å². The van der Waals surface area contributed by atoms with Gasteiger partial charge in [0.15, 0.2) is 0 Å². The Morgan fingerprint density at radius 1 is 1.38 bits per heavy atom. The van der Waals surface area contributed by atoms with E-state index in [0.29, 0.717) is 24.4 Å². The number of carbonyl (C=O) groups is 2. The number of likely N-dealkylation sites (tertiary alicyclic amines) is 1. The number of aromatic nitrogens is 1. The van der Waals surface area contributed by atoms with E-state index in [9.17, 15) is 9.59 Å². The molecule has 1 atom stereocenters. The quantitative estimate of drug-likeness (QED) is 0.773. The van der Waals surface area contributed by atoms with Crippen LogP contribution < -0.4 is 0 Å². The van der Waals surface area contributed by atoms with Crippen LogP contribution in [0, 0.1) is 6.92 Å². The minimum Gasteiger partial charge on any atom is -0.456 e. The molecule has 0 bridgehead atoms. The van der Waals surface area contributed by atoms with Crippen LogP contribution in [0.25, 0.3) is 0 Å². The second-order valence-corrected chi connectivity index (χ2v) is 8.10. The molecule has 0 unspecified atom stereocenters. The molecule has 1 aromatic heterocycles. The molecule has 1 aromatic rings. The van der Waals surface area contributed by atoms with Crippen LogP contribution in [0.3, 0.4) is 0 Å². The molecule has 1 aliphatic heterocycles. The highest BCUT2D eigenvalue weighted by Gasteiger charge is 2.32. The molecule has 1 fully saturated rings. The van der Waals surface area contributed by atoms with Gasteiger partial charge in [0.05, 0.1) is 17.2 Å². The lowest BCUT2D eigenvalue weighted by atomic mass is 10.2. The Labute approximate surface area is 147 Å². The number of hydrogen-bond acceptors (Lipinski definition) is 6. The monoisotopic (exact) mass is 354 g/mol. The lowest BCUT2D eigenvalue weighted by Gasteiger charge is -2.24. The van der Waals surface area contributed by atoms with Gasteiger partial charge in [-0.3, -0.25) is 0 Å². The number of ether oxygens (including phenoxy) is 2. The van der Waals surface area contributed by atoms with Gasteiger partial charge < -0.3 is 14.4 Å². The van der Waals surface area contributed by atoms with Crippen molar-refractivity contribution < 1.29 is 19.1 Å². The van der Waals surface area contributed by atoms with E-state index in [1.807, 2.05) is 27.7 Å². The zero-order valence-corrected chi connectivity index (χ0v) is 15.9. The predicted octanol–water partition coefficient (Wildman–Crippen LogP) is 3.57. The topological polar surface area (TPSA) is 68.7 Å². The van der Waals surface area contributed by atoms with Crippen LogP contribution in [0.5, 0.6) is 0 Å². The zero-order chi connectivity index (χ0) is 17.9. The lowest BCUT2D eigenvalue weighted by Crippen LogP contribution is -2.36. The summed E-state index contributed by atoms with van der Waals surface area (Å²) in [6, 6.07) is 0. The van der Waals surface area contributed by atoms with Gasteiger partial charge in [-0.2, -0.15) is 0 Å². The smallest absolute Gasteiger partial charge is 0.410 e. The second-order valence-electron chi connectivity index (χ2n) is 7.01. The van der Waals surface area contributed by atoms with Crippen molar-refractivity contribution in [3.8, 4) is 0 Å². The van der Waals surface area contributed by atoms with Crippen molar-refractivity contribution in [3.63, 3.8) is 0 Å². The normalized spacial score (nSPS) is 17.9. The summed E-state index contributed by atoms with van der Waals surface area (Å²) in [5.74, 6) is -0.344. The molecule has 1 aliphatic rings. The Kier molecular flexibility index (Phi) is 5.85. The maximum atomic E-state index is 12.4. The van der Waals surface area contributed by atoms with Crippen molar-refractivity contribution in [2.45, 2.75) is 65.6 Å². The molecule has 24 heavy (non-hydrogen) atoms. The molecule has 1 amide bonds. The fourth-order valence-corrected chi connectivity index (χ4v) is 3.53. The van der Waals surface area contributed by atoms with Crippen LogP contribution in [0.2, 0.25) is 0 Å². The Balaban J connectivity index is 1.91. The van der Waals surface area contributed by atoms with E-state index in [1.165, 1.54) is 11.3 Å². The van der Waals surface area contributed by atoms with Crippen LogP contribution in [0.15, 0.2) is 0 Å². The first-order valence-corrected chi connectivity index (χ1v) is 9.16. The Bertz CT molecular complexity index is 606. The number of esters is 1. The van der Waals surface area contributed by atoms with Gasteiger partial charge in [-0.25, -0.2) is 14.6 Å². The van der Waals surface area contributed by atoms with Gasteiger partial charge in [0.25, 0.3) is 0 Å². The zero-order valence-electron chi connectivity index (χ0n) is 15.0. The standard InChI is InChI=1S/C17H26N2O4S/c1-6-7-13-18-11(2)14(24-13)15(20)22-12-8-9-19(10-12)16(21)23-17(3,4)5/h12H,6-10H2,1-5H3/t12-/m0/s1. The van der Waals surface area contributed by atoms with Gasteiger partial charge in [-0.15, -0.1) is 11.3 Å². The molecule has 134 valence electrons. The number of amides is 1. The minimum atomic E-state index is -0.527. The molecule has 0 aromatic carbocycles. The maximum absolute atomic E-state index is 12.4. The largest absolute Gasteiger partial charge is 0.456 e. The van der Waals surface area contributed by atoms with Crippen molar-refractivity contribution in [1.82, 2.24) is 9.88 Å². The molecular formula is C17H26N2O4S. The highest BCUT2D eigenvalue weighted by Crippen LogP contribution is 2.23. The van der Waals surface area contributed by atoms with Crippen molar-refractivity contribution in [2.75, 3.05) is 13.1 Å². The van der Waals surface area contributed by atoms with Crippen molar-refractivity contribution in [3.05, 3.63) is 15.6 Å². The summed E-state index contributed by atoms with van der Waals surface area (Å²) in [7, 11) is 0. The van der Waals surface area contributed by atoms with Crippen LogP contribution in [-0.4, -0.2) is 46.7 Å².